The van der Waals surface area contributed by atoms with E-state index in [0.717, 1.165) is 12.1 Å². The van der Waals surface area contributed by atoms with Crippen molar-refractivity contribution in [3.05, 3.63) is 34.1 Å². The van der Waals surface area contributed by atoms with Crippen LogP contribution in [-0.2, 0) is 16.1 Å². The maximum absolute atomic E-state index is 13.3. The second-order valence-electron chi connectivity index (χ2n) is 3.99. The summed E-state index contributed by atoms with van der Waals surface area (Å²) in [5, 5.41) is 11.0. The monoisotopic (exact) mass is 397 g/mol. The van der Waals surface area contributed by atoms with Gasteiger partial charge in [-0.15, -0.1) is 0 Å². The van der Waals surface area contributed by atoms with Crippen LogP contribution in [-0.4, -0.2) is 23.9 Å². The molecule has 0 radical (unpaired) electrons. The molecule has 0 aliphatic rings. The summed E-state index contributed by atoms with van der Waals surface area (Å²) in [7, 11) is 0. The van der Waals surface area contributed by atoms with Gasteiger partial charge in [0.05, 0.1) is 0 Å². The average Bonchev–Trinajstić information content (AvgIpc) is 2.33. The second kappa shape index (κ2) is 6.03. The summed E-state index contributed by atoms with van der Waals surface area (Å²) >= 11 is 2.86. The van der Waals surface area contributed by atoms with E-state index in [2.05, 4.69) is 20.7 Å². The Hall–Kier alpha value is -1.36. The third kappa shape index (κ3) is 3.51. The van der Waals surface area contributed by atoms with E-state index < -0.39 is 41.9 Å². The van der Waals surface area contributed by atoms with Gasteiger partial charge >= 0.3 is 18.3 Å². The average molecular weight is 398 g/mol. The van der Waals surface area contributed by atoms with Crippen molar-refractivity contribution in [3.8, 4) is 0 Å². The molecule has 0 spiro atoms. The maximum Gasteiger partial charge on any atom is 0.399 e. The van der Waals surface area contributed by atoms with E-state index in [4.69, 9.17) is 0 Å². The van der Waals surface area contributed by atoms with Gasteiger partial charge in [-0.25, -0.2) is 4.39 Å². The predicted octanol–water partition coefficient (Wildman–Crippen LogP) is 2.86. The van der Waals surface area contributed by atoms with Gasteiger partial charge in [0.25, 0.3) is 0 Å². The van der Waals surface area contributed by atoms with Crippen molar-refractivity contribution in [2.24, 2.45) is 0 Å². The third-order valence-corrected chi connectivity index (χ3v) is 2.95. The summed E-state index contributed by atoms with van der Waals surface area (Å²) in [6, 6.07) is 3.02. The Morgan fingerprint density at radius 2 is 1.64 bits per heavy atom. The minimum Gasteiger partial charge on any atom is -0.828 e. The van der Waals surface area contributed by atoms with E-state index >= 15 is 0 Å². The van der Waals surface area contributed by atoms with Crippen molar-refractivity contribution >= 4 is 21.9 Å². The van der Waals surface area contributed by atoms with Crippen LogP contribution in [0.2, 0.25) is 0 Å². The highest BCUT2D eigenvalue weighted by Crippen LogP contribution is 2.41. The first kappa shape index (κ1) is 18.7. The molecule has 0 bridgehead atoms. The maximum atomic E-state index is 13.3. The van der Waals surface area contributed by atoms with Crippen LogP contribution in [0.4, 0.5) is 30.7 Å². The summed E-state index contributed by atoms with van der Waals surface area (Å²) in [5.41, 5.74) is -6.44. The van der Waals surface area contributed by atoms with Crippen LogP contribution in [0.15, 0.2) is 22.7 Å². The topological polar surface area (TPSA) is 49.4 Å². The highest BCUT2D eigenvalue weighted by atomic mass is 79.9. The fourth-order valence-corrected chi connectivity index (χ4v) is 1.61. The standard InChI is InChI=1S/C11H5BrF7O3/c12-6-2-1-5(7(13)3-6)4-22-8(20)9(21,10(14,15)16)11(17,18)19/h1-3H,4H2/q-1. The van der Waals surface area contributed by atoms with Crippen molar-refractivity contribution in [1.29, 1.82) is 0 Å². The lowest BCUT2D eigenvalue weighted by Gasteiger charge is -2.40. The van der Waals surface area contributed by atoms with Crippen molar-refractivity contribution < 1.29 is 45.4 Å². The predicted molar refractivity (Wildman–Crippen MR) is 58.7 cm³/mol. The molecule has 0 aliphatic carbocycles. The molecule has 0 heterocycles. The lowest BCUT2D eigenvalue weighted by Crippen LogP contribution is -2.71. The molecule has 0 saturated carbocycles. The number of esters is 1. The number of carbonyl (C=O) groups excluding carboxylic acids is 1. The molecule has 0 saturated heterocycles. The van der Waals surface area contributed by atoms with Gasteiger partial charge in [-0.3, -0.25) is 4.79 Å². The lowest BCUT2D eigenvalue weighted by atomic mass is 10.0. The Labute approximate surface area is 126 Å². The van der Waals surface area contributed by atoms with Gasteiger partial charge in [-0.2, -0.15) is 26.3 Å². The molecule has 124 valence electrons. The second-order valence-corrected chi connectivity index (χ2v) is 4.90. The number of rotatable bonds is 3. The van der Waals surface area contributed by atoms with Crippen molar-refractivity contribution in [1.82, 2.24) is 0 Å². The first-order chi connectivity index (χ1) is 9.80. The van der Waals surface area contributed by atoms with Crippen LogP contribution in [0.3, 0.4) is 0 Å². The first-order valence-electron chi connectivity index (χ1n) is 5.25. The van der Waals surface area contributed by atoms with Crippen molar-refractivity contribution in [3.63, 3.8) is 0 Å². The SMILES string of the molecule is O=C(OCc1ccc(Br)cc1F)C([O-])(C(F)(F)F)C(F)(F)F. The number of hydrogen-bond acceptors (Lipinski definition) is 3. The lowest BCUT2D eigenvalue weighted by molar-refractivity contribution is -0.574. The van der Waals surface area contributed by atoms with E-state index in [9.17, 15) is 40.6 Å². The number of hydrogen-bond donors (Lipinski definition) is 0. The number of halogens is 8. The molecule has 11 heteroatoms. The fraction of sp³-hybridized carbons (Fsp3) is 0.364. The molecule has 0 amide bonds. The molecule has 0 N–H and O–H groups in total. The Morgan fingerprint density at radius 1 is 1.14 bits per heavy atom. The van der Waals surface area contributed by atoms with Gasteiger partial charge in [0.2, 0.25) is 0 Å². The fourth-order valence-electron chi connectivity index (χ4n) is 1.28. The quantitative estimate of drug-likeness (QED) is 0.582. The summed E-state index contributed by atoms with van der Waals surface area (Å²) in [5.74, 6) is -4.15. The minimum absolute atomic E-state index is 0.240. The Kier molecular flexibility index (Phi) is 5.12. The molecule has 0 fully saturated rings. The smallest absolute Gasteiger partial charge is 0.399 e. The molecule has 0 aromatic heterocycles. The van der Waals surface area contributed by atoms with Gasteiger partial charge < -0.3 is 9.84 Å². The Bertz CT molecular complexity index is 554. The zero-order chi connectivity index (χ0) is 17.3. The number of alkyl halides is 6. The molecule has 1 aromatic carbocycles. The van der Waals surface area contributed by atoms with Crippen LogP contribution in [0.25, 0.3) is 0 Å². The van der Waals surface area contributed by atoms with Gasteiger partial charge in [-0.1, -0.05) is 22.0 Å². The third-order valence-electron chi connectivity index (χ3n) is 2.46. The minimum atomic E-state index is -6.46. The normalized spacial score (nSPS) is 13.1. The molecule has 0 unspecified atom stereocenters. The molecule has 0 atom stereocenters. The summed E-state index contributed by atoms with van der Waals surface area (Å²) in [4.78, 5) is 11.0. The van der Waals surface area contributed by atoms with Crippen molar-refractivity contribution in [2.45, 2.75) is 24.6 Å². The molecule has 3 nitrogen and oxygen atoms in total. The summed E-state index contributed by atoms with van der Waals surface area (Å²) < 4.78 is 91.1. The number of carbonyl (C=O) groups is 1. The van der Waals surface area contributed by atoms with E-state index in [0.29, 0.717) is 0 Å². The van der Waals surface area contributed by atoms with Gasteiger partial charge in [0.1, 0.15) is 12.4 Å². The summed E-state index contributed by atoms with van der Waals surface area (Å²) in [6.07, 6.45) is -12.9. The molecule has 1 rings (SSSR count). The van der Waals surface area contributed by atoms with Gasteiger partial charge in [0.15, 0.2) is 5.60 Å². The molecule has 0 aliphatic heterocycles. The van der Waals surface area contributed by atoms with Gasteiger partial charge in [-0.05, 0) is 12.1 Å². The van der Waals surface area contributed by atoms with E-state index in [1.807, 2.05) is 0 Å². The molecular weight excluding hydrogens is 393 g/mol. The van der Waals surface area contributed by atoms with Gasteiger partial charge in [0, 0.05) is 10.0 Å². The number of benzene rings is 1. The highest BCUT2D eigenvalue weighted by Gasteiger charge is 2.68. The number of ether oxygens (including phenoxy) is 1. The van der Waals surface area contributed by atoms with E-state index in [1.54, 1.807) is 0 Å². The first-order valence-corrected chi connectivity index (χ1v) is 6.05. The summed E-state index contributed by atoms with van der Waals surface area (Å²) in [6.45, 7) is -1.26. The van der Waals surface area contributed by atoms with Crippen molar-refractivity contribution in [2.75, 3.05) is 0 Å². The molecule has 22 heavy (non-hydrogen) atoms. The Morgan fingerprint density at radius 3 is 2.05 bits per heavy atom. The largest absolute Gasteiger partial charge is 0.828 e. The van der Waals surface area contributed by atoms with Crippen LogP contribution in [0.1, 0.15) is 5.56 Å². The van der Waals surface area contributed by atoms with E-state index in [-0.39, 0.29) is 4.47 Å². The highest BCUT2D eigenvalue weighted by molar-refractivity contribution is 9.10. The zero-order valence-electron chi connectivity index (χ0n) is 10.2. The van der Waals surface area contributed by atoms with Crippen LogP contribution >= 0.6 is 15.9 Å². The molecule has 1 aromatic rings. The molecular formula is C11H5BrF7O3-. The zero-order valence-corrected chi connectivity index (χ0v) is 11.8. The van der Waals surface area contributed by atoms with Crippen LogP contribution in [0, 0.1) is 5.82 Å². The van der Waals surface area contributed by atoms with E-state index in [1.165, 1.54) is 6.07 Å². The van der Waals surface area contributed by atoms with Crippen LogP contribution < -0.4 is 5.11 Å². The Balaban J connectivity index is 2.99. The van der Waals surface area contributed by atoms with Crippen LogP contribution in [0.5, 0.6) is 0 Å².